The largest absolute Gasteiger partial charge is 0.452 e. The van der Waals surface area contributed by atoms with E-state index in [2.05, 4.69) is 33.3 Å². The van der Waals surface area contributed by atoms with Gasteiger partial charge in [-0.05, 0) is 34.6 Å². The molecule has 1 unspecified atom stereocenters. The average Bonchev–Trinajstić information content (AvgIpc) is 2.84. The Bertz CT molecular complexity index is 423. The summed E-state index contributed by atoms with van der Waals surface area (Å²) < 4.78 is 8.11. The summed E-state index contributed by atoms with van der Waals surface area (Å²) >= 11 is 3.31. The van der Waals surface area contributed by atoms with Crippen LogP contribution in [0.25, 0.3) is 0 Å². The van der Waals surface area contributed by atoms with E-state index in [-0.39, 0.29) is 6.04 Å². The third-order valence-electron chi connectivity index (χ3n) is 2.34. The predicted octanol–water partition coefficient (Wildman–Crippen LogP) is 2.47. The van der Waals surface area contributed by atoms with Crippen LogP contribution >= 0.6 is 15.9 Å². The lowest BCUT2D eigenvalue weighted by Gasteiger charge is -2.13. The van der Waals surface area contributed by atoms with Crippen LogP contribution in [0.5, 0.6) is 0 Å². The highest BCUT2D eigenvalue weighted by atomic mass is 79.9. The van der Waals surface area contributed by atoms with Crippen LogP contribution in [0.1, 0.15) is 24.3 Å². The van der Waals surface area contributed by atoms with Crippen molar-refractivity contribution in [2.24, 2.45) is 7.05 Å². The molecule has 2 heterocycles. The number of nitrogens with zero attached hydrogens (tertiary/aromatic N) is 2. The molecule has 2 aromatic heterocycles. The lowest BCUT2D eigenvalue weighted by Crippen LogP contribution is -2.21. The van der Waals surface area contributed by atoms with Crippen molar-refractivity contribution in [3.05, 3.63) is 40.5 Å². The first-order chi connectivity index (χ1) is 7.70. The van der Waals surface area contributed by atoms with Gasteiger partial charge < -0.3 is 9.73 Å². The van der Waals surface area contributed by atoms with Crippen LogP contribution in [0.4, 0.5) is 0 Å². The minimum Gasteiger partial charge on any atom is -0.452 e. The highest BCUT2D eigenvalue weighted by molar-refractivity contribution is 9.10. The zero-order valence-corrected chi connectivity index (χ0v) is 10.9. The van der Waals surface area contributed by atoms with E-state index in [1.54, 1.807) is 4.68 Å². The molecule has 0 saturated heterocycles. The maximum atomic E-state index is 5.58. The van der Waals surface area contributed by atoms with Crippen molar-refractivity contribution in [1.82, 2.24) is 15.1 Å². The lowest BCUT2D eigenvalue weighted by molar-refractivity contribution is 0.437. The van der Waals surface area contributed by atoms with Gasteiger partial charge in [0.2, 0.25) is 0 Å². The topological polar surface area (TPSA) is 43.0 Å². The maximum absolute atomic E-state index is 5.58. The van der Waals surface area contributed by atoms with Gasteiger partial charge in [-0.2, -0.15) is 5.10 Å². The van der Waals surface area contributed by atoms with Gasteiger partial charge in [-0.15, -0.1) is 0 Å². The Morgan fingerprint density at radius 3 is 2.88 bits per heavy atom. The fourth-order valence-electron chi connectivity index (χ4n) is 1.66. The molecule has 0 aliphatic rings. The molecule has 16 heavy (non-hydrogen) atoms. The smallest absolute Gasteiger partial charge is 0.169 e. The third-order valence-corrected chi connectivity index (χ3v) is 2.77. The molecule has 0 spiro atoms. The number of hydrogen-bond donors (Lipinski definition) is 1. The number of halogens is 1. The number of aryl methyl sites for hydroxylation is 1. The van der Waals surface area contributed by atoms with Gasteiger partial charge in [0.15, 0.2) is 4.67 Å². The van der Waals surface area contributed by atoms with E-state index >= 15 is 0 Å². The summed E-state index contributed by atoms with van der Waals surface area (Å²) in [5.41, 5.74) is 1.10. The summed E-state index contributed by atoms with van der Waals surface area (Å²) in [4.78, 5) is 0. The van der Waals surface area contributed by atoms with Crippen molar-refractivity contribution in [3.8, 4) is 0 Å². The monoisotopic (exact) mass is 283 g/mol. The Labute approximate surface area is 103 Å². The van der Waals surface area contributed by atoms with Gasteiger partial charge in [0.05, 0.1) is 12.2 Å². The summed E-state index contributed by atoms with van der Waals surface area (Å²) in [7, 11) is 1.91. The number of furan rings is 1. The number of hydrogen-bond acceptors (Lipinski definition) is 3. The van der Waals surface area contributed by atoms with Crippen LogP contribution in [0.15, 0.2) is 33.6 Å². The highest BCUT2D eigenvalue weighted by Gasteiger charge is 2.17. The molecule has 1 N–H and O–H groups in total. The predicted molar refractivity (Wildman–Crippen MR) is 65.1 cm³/mol. The van der Waals surface area contributed by atoms with Crippen molar-refractivity contribution in [1.29, 1.82) is 0 Å². The van der Waals surface area contributed by atoms with Crippen molar-refractivity contribution >= 4 is 15.9 Å². The van der Waals surface area contributed by atoms with Crippen molar-refractivity contribution < 1.29 is 4.42 Å². The first kappa shape index (κ1) is 11.4. The van der Waals surface area contributed by atoms with E-state index < -0.39 is 0 Å². The zero-order valence-electron chi connectivity index (χ0n) is 9.27. The van der Waals surface area contributed by atoms with Crippen LogP contribution in [0, 0.1) is 0 Å². The third kappa shape index (κ3) is 2.36. The van der Waals surface area contributed by atoms with Gasteiger partial charge in [0, 0.05) is 18.8 Å². The van der Waals surface area contributed by atoms with Crippen molar-refractivity contribution in [3.63, 3.8) is 0 Å². The fraction of sp³-hybridized carbons (Fsp3) is 0.364. The maximum Gasteiger partial charge on any atom is 0.169 e. The Morgan fingerprint density at radius 2 is 2.38 bits per heavy atom. The number of rotatable bonds is 4. The lowest BCUT2D eigenvalue weighted by atomic mass is 10.1. The molecule has 0 radical (unpaired) electrons. The molecular formula is C11H14BrN3O. The Balaban J connectivity index is 2.30. The van der Waals surface area contributed by atoms with Gasteiger partial charge in [0.1, 0.15) is 5.76 Å². The minimum atomic E-state index is 0.0602. The SMILES string of the molecule is CCNC(c1cnn(C)c1)c1ccc(Br)o1. The summed E-state index contributed by atoms with van der Waals surface area (Å²) in [6.45, 7) is 2.94. The van der Waals surface area contributed by atoms with E-state index in [1.807, 2.05) is 31.6 Å². The molecule has 86 valence electrons. The summed E-state index contributed by atoms with van der Waals surface area (Å²) in [6, 6.07) is 3.92. The summed E-state index contributed by atoms with van der Waals surface area (Å²) in [5, 5.41) is 7.55. The normalized spacial score (nSPS) is 12.9. The molecule has 0 aliphatic carbocycles. The molecule has 0 amide bonds. The number of aromatic nitrogens is 2. The van der Waals surface area contributed by atoms with Crippen LogP contribution in [-0.2, 0) is 7.05 Å². The second kappa shape index (κ2) is 4.84. The van der Waals surface area contributed by atoms with Gasteiger partial charge in [-0.1, -0.05) is 6.92 Å². The van der Waals surface area contributed by atoms with Crippen LogP contribution in [0.3, 0.4) is 0 Å². The molecule has 4 nitrogen and oxygen atoms in total. The standard InChI is InChI=1S/C11H14BrN3O/c1-3-13-11(8-6-14-15(2)7-8)9-4-5-10(12)16-9/h4-7,11,13H,3H2,1-2H3. The molecule has 1 atom stereocenters. The average molecular weight is 284 g/mol. The van der Waals surface area contributed by atoms with E-state index in [0.717, 1.165) is 22.5 Å². The van der Waals surface area contributed by atoms with Crippen molar-refractivity contribution in [2.45, 2.75) is 13.0 Å². The Hall–Kier alpha value is -1.07. The second-order valence-electron chi connectivity index (χ2n) is 3.58. The van der Waals surface area contributed by atoms with Crippen molar-refractivity contribution in [2.75, 3.05) is 6.54 Å². The first-order valence-corrected chi connectivity index (χ1v) is 5.97. The van der Waals surface area contributed by atoms with Gasteiger partial charge in [0.25, 0.3) is 0 Å². The van der Waals surface area contributed by atoms with E-state index in [1.165, 1.54) is 0 Å². The Morgan fingerprint density at radius 1 is 1.56 bits per heavy atom. The van der Waals surface area contributed by atoms with E-state index in [4.69, 9.17) is 4.42 Å². The molecule has 0 aromatic carbocycles. The van der Waals surface area contributed by atoms with Crippen LogP contribution < -0.4 is 5.32 Å². The van der Waals surface area contributed by atoms with Gasteiger partial charge >= 0.3 is 0 Å². The molecule has 0 fully saturated rings. The molecular weight excluding hydrogens is 270 g/mol. The van der Waals surface area contributed by atoms with Gasteiger partial charge in [-0.25, -0.2) is 0 Å². The van der Waals surface area contributed by atoms with E-state index in [9.17, 15) is 0 Å². The fourth-order valence-corrected chi connectivity index (χ4v) is 1.98. The van der Waals surface area contributed by atoms with E-state index in [0.29, 0.717) is 0 Å². The summed E-state index contributed by atoms with van der Waals surface area (Å²) in [6.07, 6.45) is 3.84. The summed E-state index contributed by atoms with van der Waals surface area (Å²) in [5.74, 6) is 0.890. The van der Waals surface area contributed by atoms with Crippen LogP contribution in [-0.4, -0.2) is 16.3 Å². The molecule has 2 aromatic rings. The first-order valence-electron chi connectivity index (χ1n) is 5.18. The van der Waals surface area contributed by atoms with Gasteiger partial charge in [-0.3, -0.25) is 4.68 Å². The quantitative estimate of drug-likeness (QED) is 0.938. The molecule has 0 aliphatic heterocycles. The zero-order chi connectivity index (χ0) is 11.5. The minimum absolute atomic E-state index is 0.0602. The van der Waals surface area contributed by atoms with Crippen LogP contribution in [0.2, 0.25) is 0 Å². The molecule has 2 rings (SSSR count). The molecule has 5 heteroatoms. The highest BCUT2D eigenvalue weighted by Crippen LogP contribution is 2.25. The molecule has 0 saturated carbocycles. The Kier molecular flexibility index (Phi) is 3.46. The second-order valence-corrected chi connectivity index (χ2v) is 4.36. The number of nitrogens with one attached hydrogen (secondary N) is 1. The molecule has 0 bridgehead atoms.